The lowest BCUT2D eigenvalue weighted by atomic mass is 10.2. The van der Waals surface area contributed by atoms with Gasteiger partial charge in [-0.2, -0.15) is 0 Å². The summed E-state index contributed by atoms with van der Waals surface area (Å²) in [6, 6.07) is 11.8. The second-order valence-electron chi connectivity index (χ2n) is 5.64. The Bertz CT molecular complexity index is 1020. The van der Waals surface area contributed by atoms with Crippen molar-refractivity contribution < 1.29 is 9.53 Å². The van der Waals surface area contributed by atoms with Gasteiger partial charge in [0.2, 0.25) is 0 Å². The Labute approximate surface area is 159 Å². The number of halogens is 2. The molecule has 3 rings (SSSR count). The molecule has 1 amide bonds. The summed E-state index contributed by atoms with van der Waals surface area (Å²) < 4.78 is 5.43. The summed E-state index contributed by atoms with van der Waals surface area (Å²) in [6.07, 6.45) is 0. The van der Waals surface area contributed by atoms with E-state index in [0.29, 0.717) is 32.5 Å². The molecular weight excluding hydrogens is 377 g/mol. The Morgan fingerprint density at radius 3 is 2.73 bits per heavy atom. The van der Waals surface area contributed by atoms with Gasteiger partial charge in [-0.15, -0.1) is 0 Å². The largest absolute Gasteiger partial charge is 0.484 e. The molecule has 3 aromatic rings. The number of fused-ring (bicyclic) bond motifs is 1. The maximum Gasteiger partial charge on any atom is 0.260 e. The van der Waals surface area contributed by atoms with E-state index in [2.05, 4.69) is 9.97 Å². The number of benzene rings is 2. The average molecular weight is 392 g/mol. The summed E-state index contributed by atoms with van der Waals surface area (Å²) in [4.78, 5) is 32.8. The van der Waals surface area contributed by atoms with Gasteiger partial charge in [0, 0.05) is 13.1 Å². The van der Waals surface area contributed by atoms with Crippen LogP contribution in [0.1, 0.15) is 5.82 Å². The zero-order valence-electron chi connectivity index (χ0n) is 13.8. The van der Waals surface area contributed by atoms with Crippen LogP contribution in [0.25, 0.3) is 10.9 Å². The Hall–Kier alpha value is -2.57. The number of nitrogens with one attached hydrogen (secondary N) is 1. The molecule has 0 spiro atoms. The van der Waals surface area contributed by atoms with Crippen molar-refractivity contribution in [3.8, 4) is 5.75 Å². The zero-order valence-corrected chi connectivity index (χ0v) is 15.3. The summed E-state index contributed by atoms with van der Waals surface area (Å²) in [5, 5.41) is 1.27. The van der Waals surface area contributed by atoms with Crippen molar-refractivity contribution in [2.45, 2.75) is 6.54 Å². The van der Waals surface area contributed by atoms with E-state index in [1.165, 1.54) is 4.90 Å². The minimum absolute atomic E-state index is 0.156. The maximum absolute atomic E-state index is 12.2. The molecule has 0 bridgehead atoms. The molecule has 0 aliphatic heterocycles. The van der Waals surface area contributed by atoms with Crippen LogP contribution in [0.4, 0.5) is 0 Å². The molecule has 1 heterocycles. The molecule has 0 saturated heterocycles. The number of ether oxygens (including phenoxy) is 1. The van der Waals surface area contributed by atoms with Gasteiger partial charge in [-0.1, -0.05) is 35.3 Å². The molecule has 0 fully saturated rings. The van der Waals surface area contributed by atoms with Crippen LogP contribution in [-0.4, -0.2) is 34.4 Å². The van der Waals surface area contributed by atoms with E-state index in [9.17, 15) is 9.59 Å². The molecule has 26 heavy (non-hydrogen) atoms. The number of rotatable bonds is 5. The van der Waals surface area contributed by atoms with Crippen LogP contribution in [0.15, 0.2) is 47.3 Å². The number of aromatic nitrogens is 2. The lowest BCUT2D eigenvalue weighted by Crippen LogP contribution is -2.32. The molecule has 1 N–H and O–H groups in total. The zero-order chi connectivity index (χ0) is 18.7. The van der Waals surface area contributed by atoms with E-state index < -0.39 is 0 Å². The van der Waals surface area contributed by atoms with Crippen molar-refractivity contribution >= 4 is 40.0 Å². The highest BCUT2D eigenvalue weighted by Crippen LogP contribution is 2.26. The van der Waals surface area contributed by atoms with Crippen molar-refractivity contribution in [1.29, 1.82) is 0 Å². The van der Waals surface area contributed by atoms with E-state index in [-0.39, 0.29) is 24.6 Å². The third-order valence-electron chi connectivity index (χ3n) is 3.73. The van der Waals surface area contributed by atoms with Crippen LogP contribution in [0.3, 0.4) is 0 Å². The number of para-hydroxylation sites is 1. The van der Waals surface area contributed by atoms with Gasteiger partial charge in [-0.3, -0.25) is 9.59 Å². The van der Waals surface area contributed by atoms with Crippen molar-refractivity contribution in [2.75, 3.05) is 13.7 Å². The Morgan fingerprint density at radius 2 is 1.96 bits per heavy atom. The normalized spacial score (nSPS) is 10.7. The SMILES string of the molecule is CN(Cc1nc2ccccc2c(=O)[nH]1)C(=O)COc1ccc(Cl)c(Cl)c1. The van der Waals surface area contributed by atoms with Crippen molar-refractivity contribution in [3.63, 3.8) is 0 Å². The number of aromatic amines is 1. The van der Waals surface area contributed by atoms with Crippen LogP contribution >= 0.6 is 23.2 Å². The van der Waals surface area contributed by atoms with Gasteiger partial charge >= 0.3 is 0 Å². The first-order chi connectivity index (χ1) is 12.4. The Kier molecular flexibility index (Phi) is 5.44. The first-order valence-corrected chi connectivity index (χ1v) is 8.49. The quantitative estimate of drug-likeness (QED) is 0.723. The molecule has 8 heteroatoms. The molecule has 1 aromatic heterocycles. The fourth-order valence-electron chi connectivity index (χ4n) is 2.34. The van der Waals surface area contributed by atoms with E-state index in [1.807, 2.05) is 0 Å². The lowest BCUT2D eigenvalue weighted by Gasteiger charge is -2.17. The molecular formula is C18H15Cl2N3O3. The third-order valence-corrected chi connectivity index (χ3v) is 4.47. The van der Waals surface area contributed by atoms with E-state index >= 15 is 0 Å². The van der Waals surface area contributed by atoms with Gasteiger partial charge in [0.05, 0.1) is 27.5 Å². The highest BCUT2D eigenvalue weighted by Gasteiger charge is 2.13. The topological polar surface area (TPSA) is 75.3 Å². The number of carbonyl (C=O) groups excluding carboxylic acids is 1. The van der Waals surface area contributed by atoms with E-state index in [1.54, 1.807) is 49.5 Å². The minimum Gasteiger partial charge on any atom is -0.484 e. The fourth-order valence-corrected chi connectivity index (χ4v) is 2.63. The number of amides is 1. The van der Waals surface area contributed by atoms with Crippen LogP contribution in [-0.2, 0) is 11.3 Å². The average Bonchev–Trinajstić information content (AvgIpc) is 2.62. The number of nitrogens with zero attached hydrogens (tertiary/aromatic N) is 2. The summed E-state index contributed by atoms with van der Waals surface area (Å²) in [5.74, 6) is 0.573. The number of hydrogen-bond acceptors (Lipinski definition) is 4. The van der Waals surface area contributed by atoms with Crippen molar-refractivity contribution in [1.82, 2.24) is 14.9 Å². The number of carbonyl (C=O) groups is 1. The predicted octanol–water partition coefficient (Wildman–Crippen LogP) is 3.27. The molecule has 2 aromatic carbocycles. The minimum atomic E-state index is -0.271. The van der Waals surface area contributed by atoms with Crippen molar-refractivity contribution in [2.24, 2.45) is 0 Å². The van der Waals surface area contributed by atoms with Gasteiger partial charge in [0.1, 0.15) is 11.6 Å². The van der Waals surface area contributed by atoms with Gasteiger partial charge in [-0.05, 0) is 24.3 Å². The summed E-state index contributed by atoms with van der Waals surface area (Å²) in [5.41, 5.74) is 0.345. The molecule has 0 aliphatic rings. The van der Waals surface area contributed by atoms with Gasteiger partial charge in [0.25, 0.3) is 11.5 Å². The van der Waals surface area contributed by atoms with Gasteiger partial charge in [0.15, 0.2) is 6.61 Å². The Morgan fingerprint density at radius 1 is 1.19 bits per heavy atom. The molecule has 134 valence electrons. The van der Waals surface area contributed by atoms with E-state index in [4.69, 9.17) is 27.9 Å². The molecule has 0 saturated carbocycles. The highest BCUT2D eigenvalue weighted by atomic mass is 35.5. The number of hydrogen-bond donors (Lipinski definition) is 1. The molecule has 6 nitrogen and oxygen atoms in total. The van der Waals surface area contributed by atoms with Gasteiger partial charge in [-0.25, -0.2) is 4.98 Å². The standard InChI is InChI=1S/C18H15Cl2N3O3/c1-23(17(24)10-26-11-6-7-13(19)14(20)8-11)9-16-21-15-5-3-2-4-12(15)18(25)22-16/h2-8H,9-10H2,1H3,(H,21,22,25). The summed E-state index contributed by atoms with van der Waals surface area (Å²) in [6.45, 7) is -0.0179. The second-order valence-corrected chi connectivity index (χ2v) is 6.46. The predicted molar refractivity (Wildman–Crippen MR) is 101 cm³/mol. The third kappa shape index (κ3) is 4.15. The molecule has 0 radical (unpaired) electrons. The maximum atomic E-state index is 12.2. The molecule has 0 unspecified atom stereocenters. The van der Waals surface area contributed by atoms with Crippen LogP contribution < -0.4 is 10.3 Å². The highest BCUT2D eigenvalue weighted by molar-refractivity contribution is 6.42. The van der Waals surface area contributed by atoms with Crippen molar-refractivity contribution in [3.05, 3.63) is 68.7 Å². The second kappa shape index (κ2) is 7.76. The van der Waals surface area contributed by atoms with Crippen LogP contribution in [0.5, 0.6) is 5.75 Å². The molecule has 0 atom stereocenters. The summed E-state index contributed by atoms with van der Waals surface area (Å²) >= 11 is 11.8. The first kappa shape index (κ1) is 18.2. The Balaban J connectivity index is 1.65. The lowest BCUT2D eigenvalue weighted by molar-refractivity contribution is -0.132. The van der Waals surface area contributed by atoms with E-state index in [0.717, 1.165) is 0 Å². The smallest absolute Gasteiger partial charge is 0.260 e. The monoisotopic (exact) mass is 391 g/mol. The molecule has 0 aliphatic carbocycles. The number of H-pyrrole nitrogens is 1. The van der Waals surface area contributed by atoms with Crippen LogP contribution in [0.2, 0.25) is 10.0 Å². The number of likely N-dealkylation sites (N-methyl/N-ethyl adjacent to an activating group) is 1. The van der Waals surface area contributed by atoms with Crippen LogP contribution in [0, 0.1) is 0 Å². The first-order valence-electron chi connectivity index (χ1n) is 7.74. The summed E-state index contributed by atoms with van der Waals surface area (Å²) in [7, 11) is 1.61. The fraction of sp³-hybridized carbons (Fsp3) is 0.167. The van der Waals surface area contributed by atoms with Gasteiger partial charge < -0.3 is 14.6 Å².